The van der Waals surface area contributed by atoms with Crippen LogP contribution in [0.15, 0.2) is 23.8 Å². The van der Waals surface area contributed by atoms with Crippen LogP contribution in [0.1, 0.15) is 34.1 Å². The van der Waals surface area contributed by atoms with Crippen molar-refractivity contribution in [1.82, 2.24) is 0 Å². The van der Waals surface area contributed by atoms with Crippen molar-refractivity contribution in [2.24, 2.45) is 5.41 Å². The van der Waals surface area contributed by atoms with Crippen LogP contribution in [0.2, 0.25) is 0 Å². The molecule has 1 aliphatic carbocycles. The molecule has 11 atom stereocenters. The molecule has 8 N–H and O–H groups in total. The Kier molecular flexibility index (Phi) is 9.04. The molecule has 11 unspecified atom stereocenters. The van der Waals surface area contributed by atoms with Crippen LogP contribution in [-0.2, 0) is 18.9 Å². The number of rotatable bonds is 8. The second-order valence-electron chi connectivity index (χ2n) is 10.7. The quantitative estimate of drug-likeness (QED) is 0.159. The summed E-state index contributed by atoms with van der Waals surface area (Å²) in [4.78, 5) is 0. The van der Waals surface area contributed by atoms with E-state index in [9.17, 15) is 40.9 Å². The first-order valence-corrected chi connectivity index (χ1v) is 12.0. The van der Waals surface area contributed by atoms with Crippen LogP contribution in [0.25, 0.3) is 0 Å². The van der Waals surface area contributed by atoms with E-state index in [1.807, 2.05) is 13.8 Å². The van der Waals surface area contributed by atoms with Gasteiger partial charge >= 0.3 is 0 Å². The van der Waals surface area contributed by atoms with Gasteiger partial charge in [-0.2, -0.15) is 0 Å². The van der Waals surface area contributed by atoms with Gasteiger partial charge < -0.3 is 59.8 Å². The predicted molar refractivity (Wildman–Crippen MR) is 123 cm³/mol. The van der Waals surface area contributed by atoms with Crippen LogP contribution in [-0.4, -0.2) is 127 Å². The highest BCUT2D eigenvalue weighted by Gasteiger charge is 2.50. The molecule has 12 nitrogen and oxygen atoms in total. The first kappa shape index (κ1) is 29.6. The standard InChI is InChI=1S/C24H40O12/c1-12-7-14(26)8-22(3,4)24(12,32)6-5-13(2)35-20-18(29)17(28)16(27)15(36-20)9-33-21-19(30)23(31,10-25)11-34-21/h5-7,13-21,25-32H,8-11H2,1-4H3/b6-5+. The fourth-order valence-electron chi connectivity index (χ4n) is 4.87. The molecule has 2 heterocycles. The third-order valence-corrected chi connectivity index (χ3v) is 7.42. The highest BCUT2D eigenvalue weighted by molar-refractivity contribution is 5.32. The Hall–Kier alpha value is -1.00. The second-order valence-corrected chi connectivity index (χ2v) is 10.7. The summed E-state index contributed by atoms with van der Waals surface area (Å²) in [5, 5.41) is 81.7. The Morgan fingerprint density at radius 2 is 1.75 bits per heavy atom. The molecule has 0 aromatic carbocycles. The second kappa shape index (κ2) is 11.0. The van der Waals surface area contributed by atoms with E-state index in [4.69, 9.17) is 18.9 Å². The number of ether oxygens (including phenoxy) is 4. The van der Waals surface area contributed by atoms with E-state index in [0.717, 1.165) is 0 Å². The van der Waals surface area contributed by atoms with Gasteiger partial charge in [0.05, 0.1) is 32.0 Å². The van der Waals surface area contributed by atoms with Gasteiger partial charge in [-0.25, -0.2) is 0 Å². The van der Waals surface area contributed by atoms with Crippen molar-refractivity contribution in [3.05, 3.63) is 23.8 Å². The van der Waals surface area contributed by atoms with Gasteiger partial charge in [-0.05, 0) is 31.9 Å². The Morgan fingerprint density at radius 1 is 1.08 bits per heavy atom. The van der Waals surface area contributed by atoms with Crippen molar-refractivity contribution in [2.45, 2.75) is 101 Å². The van der Waals surface area contributed by atoms with Gasteiger partial charge in [0.25, 0.3) is 0 Å². The van der Waals surface area contributed by atoms with E-state index in [1.165, 1.54) is 0 Å². The maximum atomic E-state index is 11.3. The van der Waals surface area contributed by atoms with Crippen LogP contribution in [0.5, 0.6) is 0 Å². The van der Waals surface area contributed by atoms with E-state index in [2.05, 4.69) is 0 Å². The minimum absolute atomic E-state index is 0.353. The molecular weight excluding hydrogens is 480 g/mol. The van der Waals surface area contributed by atoms with Gasteiger partial charge in [-0.15, -0.1) is 0 Å². The SMILES string of the molecule is CC1=CC(O)CC(C)(C)C1(O)/C=C/C(C)OC1OC(COC2OCC(O)(CO)C2O)C(O)C(O)C1O. The zero-order valence-electron chi connectivity index (χ0n) is 21.0. The molecule has 0 bridgehead atoms. The fraction of sp³-hybridized carbons (Fsp3) is 0.833. The molecule has 0 spiro atoms. The summed E-state index contributed by atoms with van der Waals surface area (Å²) in [6.07, 6.45) is -6.45. The smallest absolute Gasteiger partial charge is 0.187 e. The first-order chi connectivity index (χ1) is 16.6. The minimum atomic E-state index is -1.89. The number of aliphatic hydroxyl groups is 8. The van der Waals surface area contributed by atoms with E-state index in [0.29, 0.717) is 12.0 Å². The van der Waals surface area contributed by atoms with E-state index in [1.54, 1.807) is 32.1 Å². The number of hydrogen-bond donors (Lipinski definition) is 8. The maximum absolute atomic E-state index is 11.3. The Bertz CT molecular complexity index is 817. The molecule has 0 aromatic heterocycles. The van der Waals surface area contributed by atoms with Crippen molar-refractivity contribution in [3.8, 4) is 0 Å². The molecule has 36 heavy (non-hydrogen) atoms. The molecule has 3 aliphatic rings. The van der Waals surface area contributed by atoms with Gasteiger partial charge in [-0.3, -0.25) is 0 Å². The summed E-state index contributed by atoms with van der Waals surface area (Å²) >= 11 is 0. The van der Waals surface area contributed by atoms with Crippen molar-refractivity contribution < 1.29 is 59.8 Å². The average molecular weight is 521 g/mol. The normalized spacial score (nSPS) is 46.2. The molecule has 0 radical (unpaired) electrons. The Balaban J connectivity index is 1.63. The largest absolute Gasteiger partial charge is 0.393 e. The summed E-state index contributed by atoms with van der Waals surface area (Å²) in [6.45, 7) is 5.54. The van der Waals surface area contributed by atoms with Crippen LogP contribution in [0, 0.1) is 5.41 Å². The lowest BCUT2D eigenvalue weighted by Gasteiger charge is -2.46. The zero-order valence-corrected chi connectivity index (χ0v) is 21.0. The summed E-state index contributed by atoms with van der Waals surface area (Å²) in [6, 6.07) is 0. The topological polar surface area (TPSA) is 199 Å². The highest BCUT2D eigenvalue weighted by Crippen LogP contribution is 2.45. The van der Waals surface area contributed by atoms with Gasteiger partial charge in [-0.1, -0.05) is 26.0 Å². The highest BCUT2D eigenvalue weighted by atomic mass is 16.7. The molecule has 0 saturated carbocycles. The average Bonchev–Trinajstić information content (AvgIpc) is 3.09. The molecular formula is C24H40O12. The van der Waals surface area contributed by atoms with Crippen LogP contribution >= 0.6 is 0 Å². The van der Waals surface area contributed by atoms with Crippen molar-refractivity contribution in [1.29, 1.82) is 0 Å². The number of hydrogen-bond acceptors (Lipinski definition) is 12. The van der Waals surface area contributed by atoms with Gasteiger partial charge in [0.15, 0.2) is 12.6 Å². The van der Waals surface area contributed by atoms with E-state index >= 15 is 0 Å². The van der Waals surface area contributed by atoms with E-state index in [-0.39, 0.29) is 6.61 Å². The third kappa shape index (κ3) is 5.70. The lowest BCUT2D eigenvalue weighted by Crippen LogP contribution is -2.60. The minimum Gasteiger partial charge on any atom is -0.393 e. The summed E-state index contributed by atoms with van der Waals surface area (Å²) in [7, 11) is 0. The van der Waals surface area contributed by atoms with Crippen LogP contribution < -0.4 is 0 Å². The van der Waals surface area contributed by atoms with Gasteiger partial charge in [0.2, 0.25) is 0 Å². The summed E-state index contributed by atoms with van der Waals surface area (Å²) in [5.41, 5.74) is -3.31. The van der Waals surface area contributed by atoms with E-state index < -0.39 is 85.1 Å². The zero-order chi connectivity index (χ0) is 27.1. The van der Waals surface area contributed by atoms with Crippen LogP contribution in [0.4, 0.5) is 0 Å². The fourth-order valence-corrected chi connectivity index (χ4v) is 4.87. The summed E-state index contributed by atoms with van der Waals surface area (Å²) < 4.78 is 21.9. The maximum Gasteiger partial charge on any atom is 0.187 e. The molecule has 2 fully saturated rings. The monoisotopic (exact) mass is 520 g/mol. The molecule has 208 valence electrons. The molecule has 12 heteroatoms. The predicted octanol–water partition coefficient (Wildman–Crippen LogP) is -2.32. The van der Waals surface area contributed by atoms with Crippen LogP contribution in [0.3, 0.4) is 0 Å². The first-order valence-electron chi connectivity index (χ1n) is 12.0. The third-order valence-electron chi connectivity index (χ3n) is 7.42. The van der Waals surface area contributed by atoms with Crippen molar-refractivity contribution >= 4 is 0 Å². The molecule has 0 amide bonds. The van der Waals surface area contributed by atoms with Gasteiger partial charge in [0, 0.05) is 5.41 Å². The van der Waals surface area contributed by atoms with Gasteiger partial charge in [0.1, 0.15) is 41.7 Å². The molecule has 0 aromatic rings. The van der Waals surface area contributed by atoms with Crippen molar-refractivity contribution in [2.75, 3.05) is 19.8 Å². The lowest BCUT2D eigenvalue weighted by atomic mass is 9.64. The summed E-state index contributed by atoms with van der Waals surface area (Å²) in [5.74, 6) is 0. The lowest BCUT2D eigenvalue weighted by molar-refractivity contribution is -0.314. The Morgan fingerprint density at radius 3 is 2.33 bits per heavy atom. The van der Waals surface area contributed by atoms with Crippen molar-refractivity contribution in [3.63, 3.8) is 0 Å². The Labute approximate surface area is 210 Å². The number of aliphatic hydroxyl groups excluding tert-OH is 6. The molecule has 3 rings (SSSR count). The molecule has 2 saturated heterocycles. The molecule has 2 aliphatic heterocycles.